The lowest BCUT2D eigenvalue weighted by atomic mass is 9.84. The number of nitrogens with zero attached hydrogens (tertiary/aromatic N) is 4. The Morgan fingerprint density at radius 2 is 1.92 bits per heavy atom. The Bertz CT molecular complexity index is 1790. The summed E-state index contributed by atoms with van der Waals surface area (Å²) in [6.07, 6.45) is 1.31. The fraction of sp³-hybridized carbons (Fsp3) is 0.185. The molecule has 4 aromatic rings. The molecule has 0 fully saturated rings. The molecule has 2 aliphatic heterocycles. The number of carbonyl (C=O) groups is 1. The number of phenols is 1. The first kappa shape index (κ1) is 23.5. The first-order chi connectivity index (χ1) is 18.3. The smallest absolute Gasteiger partial charge is 0.343 e. The zero-order chi connectivity index (χ0) is 26.8. The fourth-order valence-corrected chi connectivity index (χ4v) is 5.23. The zero-order valence-electron chi connectivity index (χ0n) is 20.0. The van der Waals surface area contributed by atoms with E-state index in [9.17, 15) is 29.9 Å². The normalized spacial score (nSPS) is 17.8. The first-order valence-corrected chi connectivity index (χ1v) is 11.8. The summed E-state index contributed by atoms with van der Waals surface area (Å²) in [7, 11) is 0. The van der Waals surface area contributed by atoms with Crippen LogP contribution in [0.15, 0.2) is 58.3 Å². The van der Waals surface area contributed by atoms with Crippen molar-refractivity contribution in [3.63, 3.8) is 0 Å². The summed E-state index contributed by atoms with van der Waals surface area (Å²) in [5.41, 5.74) is -1.97. The average Bonchev–Trinajstić information content (AvgIpc) is 3.29. The molecule has 11 nitrogen and oxygen atoms in total. The average molecular weight is 512 g/mol. The van der Waals surface area contributed by atoms with Gasteiger partial charge in [-0.2, -0.15) is 0 Å². The number of aromatic hydroxyl groups is 1. The van der Waals surface area contributed by atoms with Crippen molar-refractivity contribution in [3.05, 3.63) is 91.3 Å². The topological polar surface area (TPSA) is 157 Å². The van der Waals surface area contributed by atoms with Gasteiger partial charge in [-0.3, -0.25) is 24.5 Å². The van der Waals surface area contributed by atoms with E-state index in [4.69, 9.17) is 4.74 Å². The maximum Gasteiger partial charge on any atom is 0.343 e. The van der Waals surface area contributed by atoms with Crippen molar-refractivity contribution in [1.82, 2.24) is 9.55 Å². The number of benzene rings is 2. The molecule has 0 saturated carbocycles. The SMILES string of the molecule is CC[C@@]1(O)C(=O)OCc2c1c([N+](=O)[O-])c1n(c2=O)Cc2c-1nc1ccccc1c2/C=N/c1ccccc1O. The lowest BCUT2D eigenvalue weighted by molar-refractivity contribution is -0.386. The van der Waals surface area contributed by atoms with E-state index in [1.165, 1.54) is 23.8 Å². The van der Waals surface area contributed by atoms with Gasteiger partial charge < -0.3 is 14.9 Å². The molecule has 190 valence electrons. The van der Waals surface area contributed by atoms with Gasteiger partial charge in [-0.25, -0.2) is 9.78 Å². The number of nitro groups is 1. The van der Waals surface area contributed by atoms with Gasteiger partial charge in [-0.1, -0.05) is 37.3 Å². The van der Waals surface area contributed by atoms with Gasteiger partial charge in [0, 0.05) is 22.7 Å². The number of para-hydroxylation sites is 3. The lowest BCUT2D eigenvalue weighted by Crippen LogP contribution is -2.45. The van der Waals surface area contributed by atoms with Crippen molar-refractivity contribution >= 4 is 34.5 Å². The molecule has 0 saturated heterocycles. The summed E-state index contributed by atoms with van der Waals surface area (Å²) < 4.78 is 6.30. The standard InChI is InChI=1S/C27H20N4O7/c1-2-27(35)21-17(13-38-26(27)34)25(33)30-12-16-15(11-28-19-9-5-6-10-20(19)32)14-7-3-4-8-18(14)29-22(16)24(30)23(21)31(36)37/h3-11,32,35H,2,12-13H2,1H3/b28-11+/t27-/m0/s1. The van der Waals surface area contributed by atoms with Crippen LogP contribution < -0.4 is 5.56 Å². The first-order valence-electron chi connectivity index (χ1n) is 11.8. The van der Waals surface area contributed by atoms with Crippen molar-refractivity contribution in [2.45, 2.75) is 32.1 Å². The van der Waals surface area contributed by atoms with Gasteiger partial charge in [-0.05, 0) is 24.6 Å². The molecule has 4 heterocycles. The van der Waals surface area contributed by atoms with Gasteiger partial charge in [0.2, 0.25) is 0 Å². The predicted octanol–water partition coefficient (Wildman–Crippen LogP) is 3.44. The number of carbonyl (C=O) groups excluding carboxylic acids is 1. The van der Waals surface area contributed by atoms with E-state index in [1.807, 2.05) is 12.1 Å². The minimum atomic E-state index is -2.35. The van der Waals surface area contributed by atoms with Crippen LogP contribution in [0.3, 0.4) is 0 Å². The number of esters is 1. The van der Waals surface area contributed by atoms with E-state index in [0.717, 1.165) is 0 Å². The van der Waals surface area contributed by atoms with Gasteiger partial charge >= 0.3 is 11.7 Å². The largest absolute Gasteiger partial charge is 0.506 e. The molecule has 0 radical (unpaired) electrons. The van der Waals surface area contributed by atoms with E-state index in [1.54, 1.807) is 30.3 Å². The number of fused-ring (bicyclic) bond motifs is 5. The third kappa shape index (κ3) is 3.18. The zero-order valence-corrected chi connectivity index (χ0v) is 20.0. The maximum atomic E-state index is 13.6. The fourth-order valence-electron chi connectivity index (χ4n) is 5.23. The number of ether oxygens (including phenoxy) is 1. The van der Waals surface area contributed by atoms with Crippen LogP contribution in [0, 0.1) is 10.1 Å². The Morgan fingerprint density at radius 1 is 1.18 bits per heavy atom. The molecule has 38 heavy (non-hydrogen) atoms. The Kier molecular flexibility index (Phi) is 5.14. The molecule has 0 aliphatic carbocycles. The molecule has 2 aliphatic rings. The second-order valence-electron chi connectivity index (χ2n) is 9.11. The molecule has 0 spiro atoms. The summed E-state index contributed by atoms with van der Waals surface area (Å²) in [6, 6.07) is 13.7. The van der Waals surface area contributed by atoms with E-state index in [2.05, 4.69) is 9.98 Å². The maximum absolute atomic E-state index is 13.6. The number of rotatable bonds is 4. The van der Waals surface area contributed by atoms with Gasteiger partial charge in [0.25, 0.3) is 5.56 Å². The minimum absolute atomic E-state index is 0.0231. The molecule has 2 aromatic heterocycles. The van der Waals surface area contributed by atoms with Gasteiger partial charge in [0.05, 0.1) is 28.1 Å². The van der Waals surface area contributed by atoms with E-state index < -0.39 is 34.3 Å². The van der Waals surface area contributed by atoms with Crippen LogP contribution in [0.5, 0.6) is 5.75 Å². The number of pyridine rings is 2. The van der Waals surface area contributed by atoms with Crippen LogP contribution in [0.4, 0.5) is 11.4 Å². The van der Waals surface area contributed by atoms with E-state index in [-0.39, 0.29) is 41.2 Å². The third-order valence-electron chi connectivity index (χ3n) is 7.12. The van der Waals surface area contributed by atoms with Crippen molar-refractivity contribution in [2.24, 2.45) is 4.99 Å². The number of aromatic nitrogens is 2. The van der Waals surface area contributed by atoms with Crippen molar-refractivity contribution < 1.29 is 24.7 Å². The molecule has 6 rings (SSSR count). The Labute approximate surface area is 214 Å². The molecule has 2 N–H and O–H groups in total. The molecule has 0 bridgehead atoms. The Hall–Kier alpha value is -4.90. The highest BCUT2D eigenvalue weighted by atomic mass is 16.6. The monoisotopic (exact) mass is 512 g/mol. The lowest BCUT2D eigenvalue weighted by Gasteiger charge is -2.31. The molecular weight excluding hydrogens is 492 g/mol. The van der Waals surface area contributed by atoms with Gasteiger partial charge in [0.1, 0.15) is 29.4 Å². The number of hydrogen-bond acceptors (Lipinski definition) is 9. The minimum Gasteiger partial charge on any atom is -0.506 e. The molecular formula is C27H20N4O7. The summed E-state index contributed by atoms with van der Waals surface area (Å²) in [5.74, 6) is -1.06. The number of aliphatic imine (C=N–C) groups is 1. The predicted molar refractivity (Wildman–Crippen MR) is 137 cm³/mol. The number of hydrogen-bond donors (Lipinski definition) is 2. The highest BCUT2D eigenvalue weighted by Gasteiger charge is 2.52. The molecule has 0 amide bonds. The van der Waals surface area contributed by atoms with Crippen molar-refractivity contribution in [3.8, 4) is 17.1 Å². The van der Waals surface area contributed by atoms with Crippen LogP contribution in [0.1, 0.15) is 35.6 Å². The van der Waals surface area contributed by atoms with Crippen molar-refractivity contribution in [1.29, 1.82) is 0 Å². The van der Waals surface area contributed by atoms with E-state index >= 15 is 0 Å². The molecule has 2 aromatic carbocycles. The van der Waals surface area contributed by atoms with Crippen LogP contribution in [0.25, 0.3) is 22.3 Å². The molecule has 1 atom stereocenters. The van der Waals surface area contributed by atoms with Crippen LogP contribution in [0.2, 0.25) is 0 Å². The Morgan fingerprint density at radius 3 is 2.66 bits per heavy atom. The second-order valence-corrected chi connectivity index (χ2v) is 9.11. The summed E-state index contributed by atoms with van der Waals surface area (Å²) in [5, 5.41) is 34.6. The van der Waals surface area contributed by atoms with E-state index in [0.29, 0.717) is 27.7 Å². The third-order valence-corrected chi connectivity index (χ3v) is 7.12. The summed E-state index contributed by atoms with van der Waals surface area (Å²) in [6.45, 7) is 0.956. The second kappa shape index (κ2) is 8.32. The highest BCUT2D eigenvalue weighted by Crippen LogP contribution is 2.47. The molecule has 11 heteroatoms. The Balaban J connectivity index is 1.69. The molecule has 0 unspecified atom stereocenters. The van der Waals surface area contributed by atoms with Gasteiger partial charge in [0.15, 0.2) is 5.60 Å². The summed E-state index contributed by atoms with van der Waals surface area (Å²) in [4.78, 5) is 47.1. The summed E-state index contributed by atoms with van der Waals surface area (Å²) >= 11 is 0. The van der Waals surface area contributed by atoms with Crippen LogP contribution >= 0.6 is 0 Å². The van der Waals surface area contributed by atoms with Crippen LogP contribution in [-0.4, -0.2) is 36.9 Å². The van der Waals surface area contributed by atoms with Crippen LogP contribution in [-0.2, 0) is 28.3 Å². The number of aliphatic hydroxyl groups is 1. The number of phenolic OH excluding ortho intramolecular Hbond substituents is 1. The number of cyclic esters (lactones) is 1. The van der Waals surface area contributed by atoms with Crippen molar-refractivity contribution in [2.75, 3.05) is 0 Å². The quantitative estimate of drug-likeness (QED) is 0.160. The van der Waals surface area contributed by atoms with Gasteiger partial charge in [-0.15, -0.1) is 0 Å². The highest BCUT2D eigenvalue weighted by molar-refractivity contribution is 6.04.